The first-order chi connectivity index (χ1) is 30.1. The Hall–Kier alpha value is -6.14. The van der Waals surface area contributed by atoms with Crippen molar-refractivity contribution >= 4 is 40.1 Å². The molecule has 0 fully saturated rings. The second-order valence-corrected chi connectivity index (χ2v) is 22.3. The van der Waals surface area contributed by atoms with Gasteiger partial charge in [-0.1, -0.05) is 142 Å². The topological polar surface area (TPSA) is 59.1 Å². The summed E-state index contributed by atoms with van der Waals surface area (Å²) in [7, 11) is 4.35. The zero-order valence-electron chi connectivity index (χ0n) is 39.1. The molecule has 12 rings (SSSR count). The van der Waals surface area contributed by atoms with Gasteiger partial charge in [0.2, 0.25) is 0 Å². The Kier molecular flexibility index (Phi) is 7.36. The second-order valence-electron chi connectivity index (χ2n) is 22.3. The Morgan fingerprint density at radius 2 is 1.22 bits per heavy atom. The summed E-state index contributed by atoms with van der Waals surface area (Å²) in [5, 5.41) is 0. The maximum Gasteiger partial charge on any atom is 0.348 e. The van der Waals surface area contributed by atoms with Crippen LogP contribution in [0.25, 0.3) is 11.1 Å². The Bertz CT molecular complexity index is 3140. The molecule has 0 aromatic heterocycles. The van der Waals surface area contributed by atoms with Crippen molar-refractivity contribution in [3.8, 4) is 0 Å². The highest BCUT2D eigenvalue weighted by atomic mass is 16.6. The van der Waals surface area contributed by atoms with Gasteiger partial charge < -0.3 is 19.3 Å². The molecule has 64 heavy (non-hydrogen) atoms. The van der Waals surface area contributed by atoms with Crippen molar-refractivity contribution in [3.05, 3.63) is 182 Å². The largest absolute Gasteiger partial charge is 0.418 e. The summed E-state index contributed by atoms with van der Waals surface area (Å²) < 4.78 is 12.3. The molecule has 3 atom stereocenters. The van der Waals surface area contributed by atoms with Crippen molar-refractivity contribution in [2.75, 3.05) is 23.9 Å². The fourth-order valence-electron chi connectivity index (χ4n) is 13.6. The molecule has 0 saturated carbocycles. The van der Waals surface area contributed by atoms with Gasteiger partial charge in [-0.2, -0.15) is 0 Å². The third-order valence-corrected chi connectivity index (χ3v) is 17.3. The highest BCUT2D eigenvalue weighted by Crippen LogP contribution is 2.63. The minimum atomic E-state index is -0.767. The van der Waals surface area contributed by atoms with E-state index in [4.69, 9.17) is 9.47 Å². The molecule has 0 radical (unpaired) electrons. The molecule has 0 N–H and O–H groups in total. The maximum atomic E-state index is 14.2. The van der Waals surface area contributed by atoms with Gasteiger partial charge in [-0.25, -0.2) is 9.59 Å². The lowest BCUT2D eigenvalue weighted by molar-refractivity contribution is -0.134. The minimum absolute atomic E-state index is 0.171. The van der Waals surface area contributed by atoms with Gasteiger partial charge in [0.25, 0.3) is 0 Å². The molecule has 6 heteroatoms. The lowest BCUT2D eigenvalue weighted by Crippen LogP contribution is -2.43. The number of likely N-dealkylation sites (N-methyl/N-ethyl adjacent to an activating group) is 1. The highest BCUT2D eigenvalue weighted by Gasteiger charge is 2.57. The summed E-state index contributed by atoms with van der Waals surface area (Å²) in [6.45, 7) is 23.0. The van der Waals surface area contributed by atoms with Gasteiger partial charge in [0, 0.05) is 69.8 Å². The highest BCUT2D eigenvalue weighted by molar-refractivity contribution is 6.23. The Morgan fingerprint density at radius 3 is 1.94 bits per heavy atom. The fraction of sp³-hybridized carbons (Fsp3) is 0.345. The van der Waals surface area contributed by atoms with E-state index in [9.17, 15) is 9.59 Å². The van der Waals surface area contributed by atoms with E-state index in [1.165, 1.54) is 78.4 Å². The van der Waals surface area contributed by atoms with Crippen LogP contribution in [0.1, 0.15) is 120 Å². The first-order valence-corrected chi connectivity index (χ1v) is 23.0. The van der Waals surface area contributed by atoms with Crippen LogP contribution in [-0.2, 0) is 46.1 Å². The third kappa shape index (κ3) is 4.62. The zero-order valence-corrected chi connectivity index (χ0v) is 39.1. The monoisotopic (exact) mass is 844 g/mol. The zero-order chi connectivity index (χ0) is 45.0. The van der Waals surface area contributed by atoms with Crippen molar-refractivity contribution in [1.82, 2.24) is 0 Å². The van der Waals surface area contributed by atoms with Crippen molar-refractivity contribution in [3.63, 3.8) is 0 Å². The predicted molar refractivity (Wildman–Crippen MR) is 255 cm³/mol. The summed E-state index contributed by atoms with van der Waals surface area (Å²) >= 11 is 0. The van der Waals surface area contributed by atoms with Gasteiger partial charge in [-0.15, -0.1) is 0 Å². The average Bonchev–Trinajstić information content (AvgIpc) is 3.87. The molecule has 4 aliphatic heterocycles. The van der Waals surface area contributed by atoms with Gasteiger partial charge in [-0.05, 0) is 103 Å². The number of benzene rings is 4. The molecule has 322 valence electrons. The number of nitrogens with zero attached hydrogens (tertiary/aromatic N) is 2. The Balaban J connectivity index is 0.928. The lowest BCUT2D eigenvalue weighted by atomic mass is 9.61. The smallest absolute Gasteiger partial charge is 0.348 e. The number of para-hydroxylation sites is 2. The lowest BCUT2D eigenvalue weighted by Gasteiger charge is -2.48. The summed E-state index contributed by atoms with van der Waals surface area (Å²) in [4.78, 5) is 33.1. The molecule has 4 aromatic carbocycles. The third-order valence-electron chi connectivity index (χ3n) is 17.3. The number of carbonyl (C=O) groups excluding carboxylic acids is 2. The van der Waals surface area contributed by atoms with Crippen LogP contribution in [-0.4, -0.2) is 26.0 Å². The van der Waals surface area contributed by atoms with Crippen LogP contribution >= 0.6 is 0 Å². The number of esters is 2. The van der Waals surface area contributed by atoms with Gasteiger partial charge in [0.1, 0.15) is 5.57 Å². The molecule has 4 aliphatic carbocycles. The van der Waals surface area contributed by atoms with Crippen LogP contribution in [0.15, 0.2) is 137 Å². The van der Waals surface area contributed by atoms with E-state index in [2.05, 4.69) is 190 Å². The van der Waals surface area contributed by atoms with Crippen LogP contribution in [0.2, 0.25) is 0 Å². The number of rotatable bonds is 2. The molecular formula is C58H56N2O4. The molecule has 6 nitrogen and oxygen atoms in total. The van der Waals surface area contributed by atoms with E-state index in [1.807, 2.05) is 6.07 Å². The number of hydrogen-bond donors (Lipinski definition) is 0. The minimum Gasteiger partial charge on any atom is -0.418 e. The van der Waals surface area contributed by atoms with Gasteiger partial charge >= 0.3 is 11.9 Å². The summed E-state index contributed by atoms with van der Waals surface area (Å²) in [5.74, 6) is -0.272. The van der Waals surface area contributed by atoms with Crippen LogP contribution in [0.5, 0.6) is 0 Å². The Morgan fingerprint density at radius 1 is 0.578 bits per heavy atom. The molecule has 0 saturated heterocycles. The number of anilines is 3. The molecular weight excluding hydrogens is 789 g/mol. The van der Waals surface area contributed by atoms with E-state index in [1.54, 1.807) is 0 Å². The van der Waals surface area contributed by atoms with E-state index >= 15 is 0 Å². The first kappa shape index (κ1) is 39.5. The Labute approximate surface area is 377 Å². The number of hydrogen-bond acceptors (Lipinski definition) is 6. The van der Waals surface area contributed by atoms with Crippen LogP contribution in [0, 0.1) is 11.3 Å². The van der Waals surface area contributed by atoms with Crippen molar-refractivity contribution < 1.29 is 19.1 Å². The van der Waals surface area contributed by atoms with Crippen molar-refractivity contribution in [2.45, 2.75) is 103 Å². The molecule has 4 aromatic rings. The quantitative estimate of drug-likeness (QED) is 0.187. The molecule has 8 aliphatic rings. The van der Waals surface area contributed by atoms with Gasteiger partial charge in [0.15, 0.2) is 11.5 Å². The number of fused-ring (bicyclic) bond motifs is 11. The summed E-state index contributed by atoms with van der Waals surface area (Å²) in [5.41, 5.74) is 17.0. The van der Waals surface area contributed by atoms with E-state index in [0.29, 0.717) is 23.1 Å². The van der Waals surface area contributed by atoms with Crippen molar-refractivity contribution in [2.24, 2.45) is 11.3 Å². The van der Waals surface area contributed by atoms with Crippen LogP contribution < -0.4 is 9.80 Å². The van der Waals surface area contributed by atoms with Gasteiger partial charge in [0.05, 0.1) is 5.57 Å². The van der Waals surface area contributed by atoms with Gasteiger partial charge in [-0.3, -0.25) is 0 Å². The molecule has 0 bridgehead atoms. The van der Waals surface area contributed by atoms with E-state index < -0.39 is 17.4 Å². The second kappa shape index (κ2) is 11.9. The SMILES string of the molecule is CN1C2=CC3C(C)(C)c4cc(C5=C6OC(=O)C(C7(C)C=C8C(=CC7)c7cc9c(cc7C8(C)C)N(C)c7ccccc7C9(C)C)=C6OC5=O)ccc4C3(C)C=C2C(C)(C)c2ccccc21. The standard InChI is InChI=1S/C58H56N2O4/c1-53(2)35-17-13-15-19-42(35)59(11)44-27-37-33(26-39(44)53)32-23-24-57(9,29-40(32)55(37,5)6)48-50-49(63-52(48)62)47(51(61)64-50)31-21-22-34-38(25-31)56(7,8)46-28-45-41(30-58(34,46)10)54(3,4)36-18-14-16-20-43(36)60(45)12/h13-23,25-30,46H,24H2,1-12H3. The summed E-state index contributed by atoms with van der Waals surface area (Å²) in [6, 6.07) is 28.7. The predicted octanol–water partition coefficient (Wildman–Crippen LogP) is 12.3. The number of ether oxygens (including phenoxy) is 2. The van der Waals surface area contributed by atoms with E-state index in [0.717, 1.165) is 0 Å². The molecule has 3 unspecified atom stereocenters. The van der Waals surface area contributed by atoms with Crippen LogP contribution in [0.3, 0.4) is 0 Å². The van der Waals surface area contributed by atoms with Crippen LogP contribution in [0.4, 0.5) is 17.1 Å². The van der Waals surface area contributed by atoms with Crippen molar-refractivity contribution in [1.29, 1.82) is 0 Å². The summed E-state index contributed by atoms with van der Waals surface area (Å²) in [6.07, 6.45) is 10.2. The maximum absolute atomic E-state index is 14.2. The molecule has 4 heterocycles. The molecule has 0 amide bonds. The molecule has 0 spiro atoms. The first-order valence-electron chi connectivity index (χ1n) is 23.0. The fourth-order valence-corrected chi connectivity index (χ4v) is 13.6. The number of allylic oxidation sites excluding steroid dienone is 7. The average molecular weight is 845 g/mol. The van der Waals surface area contributed by atoms with E-state index in [-0.39, 0.29) is 44.5 Å². The normalized spacial score (nSPS) is 27.7. The number of carbonyl (C=O) groups is 2.